The summed E-state index contributed by atoms with van der Waals surface area (Å²) in [7, 11) is 0. The number of hydrogen-bond acceptors (Lipinski definition) is 3. The summed E-state index contributed by atoms with van der Waals surface area (Å²) in [6, 6.07) is 16.2. The highest BCUT2D eigenvalue weighted by Gasteiger charge is 2.25. The Morgan fingerprint density at radius 1 is 1.17 bits per heavy atom. The van der Waals surface area contributed by atoms with Gasteiger partial charge in [0.05, 0.1) is 5.56 Å². The number of carbonyl (C=O) groups is 1. The van der Waals surface area contributed by atoms with E-state index in [4.69, 9.17) is 4.99 Å². The van der Waals surface area contributed by atoms with E-state index in [1.165, 1.54) is 22.4 Å². The van der Waals surface area contributed by atoms with E-state index in [1.807, 2.05) is 42.6 Å². The van der Waals surface area contributed by atoms with Gasteiger partial charge >= 0.3 is 0 Å². The van der Waals surface area contributed by atoms with Gasteiger partial charge in [-0.1, -0.05) is 58.4 Å². The van der Waals surface area contributed by atoms with E-state index in [2.05, 4.69) is 40.3 Å². The Morgan fingerprint density at radius 3 is 2.76 bits per heavy atom. The van der Waals surface area contributed by atoms with Crippen LogP contribution in [0.4, 0.5) is 5.00 Å². The number of halogens is 1. The Kier molecular flexibility index (Phi) is 6.26. The third-order valence-corrected chi connectivity index (χ3v) is 7.26. The number of nitrogens with zero attached hydrogens (tertiary/aromatic N) is 1. The Labute approximate surface area is 184 Å². The quantitative estimate of drug-likeness (QED) is 0.435. The zero-order chi connectivity index (χ0) is 20.2. The smallest absolute Gasteiger partial charge is 0.254 e. The summed E-state index contributed by atoms with van der Waals surface area (Å²) in [6.07, 6.45) is 6.19. The fourth-order valence-electron chi connectivity index (χ4n) is 3.57. The third kappa shape index (κ3) is 4.68. The van der Waals surface area contributed by atoms with Crippen molar-refractivity contribution in [1.82, 2.24) is 5.32 Å². The van der Waals surface area contributed by atoms with Crippen molar-refractivity contribution in [2.45, 2.75) is 39.2 Å². The average molecular weight is 467 g/mol. The Bertz CT molecular complexity index is 1060. The van der Waals surface area contributed by atoms with Crippen LogP contribution in [0.3, 0.4) is 0 Å². The summed E-state index contributed by atoms with van der Waals surface area (Å²) in [5.74, 6) is -0.0227. The highest BCUT2D eigenvalue weighted by Crippen LogP contribution is 2.40. The number of thiophene rings is 1. The SMILES string of the molecule is Cc1ccc(C=Nc2sc3c(c2C(=O)NCc2ccccc2)CCCC3)cc1Br. The number of amides is 1. The fourth-order valence-corrected chi connectivity index (χ4v) is 5.19. The lowest BCUT2D eigenvalue weighted by Crippen LogP contribution is -2.24. The summed E-state index contributed by atoms with van der Waals surface area (Å²) in [5.41, 5.74) is 5.27. The molecule has 4 rings (SSSR count). The first-order chi connectivity index (χ1) is 14.1. The van der Waals surface area contributed by atoms with Crippen molar-refractivity contribution in [3.05, 3.63) is 85.7 Å². The summed E-state index contributed by atoms with van der Waals surface area (Å²) in [4.78, 5) is 19.2. The van der Waals surface area contributed by atoms with E-state index in [1.54, 1.807) is 11.3 Å². The number of hydrogen-bond donors (Lipinski definition) is 1. The maximum Gasteiger partial charge on any atom is 0.254 e. The molecule has 3 aromatic rings. The summed E-state index contributed by atoms with van der Waals surface area (Å²) >= 11 is 5.24. The molecule has 1 N–H and O–H groups in total. The molecule has 0 saturated carbocycles. The van der Waals surface area contributed by atoms with Crippen LogP contribution in [0.2, 0.25) is 0 Å². The van der Waals surface area contributed by atoms with Gasteiger partial charge < -0.3 is 5.32 Å². The van der Waals surface area contributed by atoms with Crippen molar-refractivity contribution in [3.63, 3.8) is 0 Å². The first-order valence-electron chi connectivity index (χ1n) is 9.88. The van der Waals surface area contributed by atoms with Crippen molar-refractivity contribution in [2.24, 2.45) is 4.99 Å². The number of carbonyl (C=O) groups excluding carboxylic acids is 1. The van der Waals surface area contributed by atoms with Crippen molar-refractivity contribution < 1.29 is 4.79 Å². The van der Waals surface area contributed by atoms with Gasteiger partial charge in [0.15, 0.2) is 0 Å². The molecule has 0 bridgehead atoms. The molecule has 5 heteroatoms. The minimum Gasteiger partial charge on any atom is -0.348 e. The van der Waals surface area contributed by atoms with E-state index in [0.717, 1.165) is 45.4 Å². The van der Waals surface area contributed by atoms with Gasteiger partial charge in [0, 0.05) is 22.1 Å². The van der Waals surface area contributed by atoms with Crippen LogP contribution in [0.5, 0.6) is 0 Å². The minimum absolute atomic E-state index is 0.0227. The van der Waals surface area contributed by atoms with Gasteiger partial charge in [0.2, 0.25) is 0 Å². The molecule has 0 spiro atoms. The fraction of sp³-hybridized carbons (Fsp3) is 0.250. The van der Waals surface area contributed by atoms with Gasteiger partial charge in [-0.3, -0.25) is 4.79 Å². The standard InChI is InChI=1S/C24H23BrN2OS/c1-16-11-12-18(13-20(16)25)15-27-24-22(19-9-5-6-10-21(19)29-24)23(28)26-14-17-7-3-2-4-8-17/h2-4,7-8,11-13,15H,5-6,9-10,14H2,1H3,(H,26,28). The lowest BCUT2D eigenvalue weighted by atomic mass is 9.95. The maximum atomic E-state index is 13.1. The molecule has 0 radical (unpaired) electrons. The second kappa shape index (κ2) is 9.06. The predicted octanol–water partition coefficient (Wildman–Crippen LogP) is 6.38. The van der Waals surface area contributed by atoms with Gasteiger partial charge in [-0.05, 0) is 60.9 Å². The molecule has 0 atom stereocenters. The average Bonchev–Trinajstić information content (AvgIpc) is 3.12. The lowest BCUT2D eigenvalue weighted by Gasteiger charge is -2.12. The molecule has 0 unspecified atom stereocenters. The first kappa shape index (κ1) is 20.0. The molecule has 0 saturated heterocycles. The zero-order valence-electron chi connectivity index (χ0n) is 16.4. The second-order valence-corrected chi connectivity index (χ2v) is 9.26. The molecule has 0 aliphatic heterocycles. The molecule has 0 fully saturated rings. The Morgan fingerprint density at radius 2 is 1.97 bits per heavy atom. The number of aryl methyl sites for hydroxylation is 2. The molecule has 3 nitrogen and oxygen atoms in total. The monoisotopic (exact) mass is 466 g/mol. The van der Waals surface area contributed by atoms with Crippen molar-refractivity contribution in [2.75, 3.05) is 0 Å². The van der Waals surface area contributed by atoms with E-state index >= 15 is 0 Å². The normalized spacial score (nSPS) is 13.4. The van der Waals surface area contributed by atoms with Crippen LogP contribution in [0.1, 0.15) is 50.3 Å². The number of benzene rings is 2. The van der Waals surface area contributed by atoms with Gasteiger partial charge in [-0.25, -0.2) is 4.99 Å². The molecular formula is C24H23BrN2OS. The summed E-state index contributed by atoms with van der Waals surface area (Å²) < 4.78 is 1.06. The molecule has 148 valence electrons. The number of aliphatic imine (C=N–C) groups is 1. The first-order valence-corrected chi connectivity index (χ1v) is 11.5. The molecule has 1 aromatic heterocycles. The van der Waals surface area contributed by atoms with Crippen molar-refractivity contribution >= 4 is 44.4 Å². The molecule has 29 heavy (non-hydrogen) atoms. The molecule has 1 heterocycles. The van der Waals surface area contributed by atoms with Gasteiger partial charge in [-0.15, -0.1) is 11.3 Å². The number of rotatable bonds is 5. The third-order valence-electron chi connectivity index (χ3n) is 5.20. The predicted molar refractivity (Wildman–Crippen MR) is 125 cm³/mol. The van der Waals surface area contributed by atoms with Crippen molar-refractivity contribution in [1.29, 1.82) is 0 Å². The van der Waals surface area contributed by atoms with Crippen LogP contribution in [0, 0.1) is 6.92 Å². The van der Waals surface area contributed by atoms with Gasteiger partial charge in [0.25, 0.3) is 5.91 Å². The second-order valence-electron chi connectivity index (χ2n) is 7.33. The molecule has 1 aliphatic rings. The van der Waals surface area contributed by atoms with E-state index in [9.17, 15) is 4.79 Å². The number of fused-ring (bicyclic) bond motifs is 1. The molecule has 2 aromatic carbocycles. The lowest BCUT2D eigenvalue weighted by molar-refractivity contribution is 0.0951. The van der Waals surface area contributed by atoms with Crippen molar-refractivity contribution in [3.8, 4) is 0 Å². The van der Waals surface area contributed by atoms with Crippen LogP contribution in [0.15, 0.2) is 58.0 Å². The highest BCUT2D eigenvalue weighted by molar-refractivity contribution is 9.10. The molecule has 1 amide bonds. The minimum atomic E-state index is -0.0227. The summed E-state index contributed by atoms with van der Waals surface area (Å²) in [6.45, 7) is 2.59. The van der Waals surface area contributed by atoms with Crippen LogP contribution in [0.25, 0.3) is 0 Å². The van der Waals surface area contributed by atoms with Gasteiger partial charge in [-0.2, -0.15) is 0 Å². The molecular weight excluding hydrogens is 444 g/mol. The van der Waals surface area contributed by atoms with E-state index < -0.39 is 0 Å². The topological polar surface area (TPSA) is 41.5 Å². The van der Waals surface area contributed by atoms with E-state index in [-0.39, 0.29) is 5.91 Å². The van der Waals surface area contributed by atoms with E-state index in [0.29, 0.717) is 6.54 Å². The maximum absolute atomic E-state index is 13.1. The van der Waals surface area contributed by atoms with Crippen LogP contribution >= 0.6 is 27.3 Å². The zero-order valence-corrected chi connectivity index (χ0v) is 18.8. The van der Waals surface area contributed by atoms with Crippen LogP contribution in [-0.4, -0.2) is 12.1 Å². The van der Waals surface area contributed by atoms with Crippen LogP contribution in [-0.2, 0) is 19.4 Å². The largest absolute Gasteiger partial charge is 0.348 e. The Balaban J connectivity index is 1.61. The van der Waals surface area contributed by atoms with Crippen LogP contribution < -0.4 is 5.32 Å². The Hall–Kier alpha value is -2.24. The van der Waals surface area contributed by atoms with Gasteiger partial charge in [0.1, 0.15) is 5.00 Å². The summed E-state index contributed by atoms with van der Waals surface area (Å²) in [5, 5.41) is 3.91. The number of nitrogens with one attached hydrogen (secondary N) is 1. The molecule has 1 aliphatic carbocycles. The highest BCUT2D eigenvalue weighted by atomic mass is 79.9.